The summed E-state index contributed by atoms with van der Waals surface area (Å²) in [6.07, 6.45) is 2.48. The van der Waals surface area contributed by atoms with E-state index in [1.54, 1.807) is 6.92 Å². The van der Waals surface area contributed by atoms with Gasteiger partial charge in [0.25, 0.3) is 0 Å². The maximum atomic E-state index is 12.5. The zero-order valence-electron chi connectivity index (χ0n) is 8.22. The van der Waals surface area contributed by atoms with Crippen molar-refractivity contribution < 1.29 is 12.8 Å². The zero-order valence-corrected chi connectivity index (χ0v) is 9.04. The number of primary sulfonamides is 1. The molecule has 7 heteroatoms. The smallest absolute Gasteiger partial charge is 0.212 e. The van der Waals surface area contributed by atoms with Crippen LogP contribution in [0.5, 0.6) is 0 Å². The second kappa shape index (κ2) is 4.63. The van der Waals surface area contributed by atoms with E-state index in [1.165, 1.54) is 0 Å². The van der Waals surface area contributed by atoms with Crippen LogP contribution >= 0.6 is 0 Å². The highest BCUT2D eigenvalue weighted by molar-refractivity contribution is 7.89. The third-order valence-corrected chi connectivity index (χ3v) is 3.43. The molecule has 5 nitrogen and oxygen atoms in total. The molecule has 1 rings (SSSR count). The van der Waals surface area contributed by atoms with Crippen LogP contribution in [0.15, 0.2) is 12.4 Å². The van der Waals surface area contributed by atoms with Crippen molar-refractivity contribution >= 4 is 10.0 Å². The average molecular weight is 233 g/mol. The molecule has 0 spiro atoms. The molecule has 0 aliphatic rings. The fourth-order valence-corrected chi connectivity index (χ4v) is 1.99. The molecule has 0 aromatic carbocycles. The van der Waals surface area contributed by atoms with Crippen molar-refractivity contribution in [3.63, 3.8) is 0 Å². The van der Waals surface area contributed by atoms with Gasteiger partial charge in [-0.05, 0) is 6.42 Å². The van der Waals surface area contributed by atoms with Crippen molar-refractivity contribution in [2.45, 2.75) is 25.0 Å². The molecule has 0 saturated carbocycles. The summed E-state index contributed by atoms with van der Waals surface area (Å²) >= 11 is 0. The Bertz CT molecular complexity index is 418. The van der Waals surface area contributed by atoms with E-state index < -0.39 is 21.1 Å². The summed E-state index contributed by atoms with van der Waals surface area (Å²) in [5.41, 5.74) is 0. The summed E-state index contributed by atoms with van der Waals surface area (Å²) in [4.78, 5) is 7.35. The molecular weight excluding hydrogens is 221 g/mol. The standard InChI is InChI=1S/C8H12FN3O2S/c1-2-7(15(10,13)14)3-8-11-4-6(9)5-12-8/h4-5,7H,2-3H2,1H3,(H2,10,13,14). The van der Waals surface area contributed by atoms with Crippen LogP contribution in [0.1, 0.15) is 19.2 Å². The first kappa shape index (κ1) is 12.0. The second-order valence-corrected chi connectivity index (χ2v) is 4.99. The maximum absolute atomic E-state index is 12.5. The van der Waals surface area contributed by atoms with Crippen LogP contribution in [0.3, 0.4) is 0 Å². The fraction of sp³-hybridized carbons (Fsp3) is 0.500. The van der Waals surface area contributed by atoms with Gasteiger partial charge in [-0.1, -0.05) is 6.92 Å². The van der Waals surface area contributed by atoms with E-state index in [4.69, 9.17) is 5.14 Å². The largest absolute Gasteiger partial charge is 0.238 e. The van der Waals surface area contributed by atoms with Crippen molar-refractivity contribution in [2.75, 3.05) is 0 Å². The van der Waals surface area contributed by atoms with Crippen LogP contribution in [0.2, 0.25) is 0 Å². The molecule has 1 unspecified atom stereocenters. The predicted molar refractivity (Wildman–Crippen MR) is 52.9 cm³/mol. The highest BCUT2D eigenvalue weighted by Gasteiger charge is 2.20. The van der Waals surface area contributed by atoms with Crippen LogP contribution < -0.4 is 5.14 Å². The molecule has 1 heterocycles. The number of hydrogen-bond donors (Lipinski definition) is 1. The van der Waals surface area contributed by atoms with Gasteiger partial charge in [-0.15, -0.1) is 0 Å². The van der Waals surface area contributed by atoms with Gasteiger partial charge in [-0.3, -0.25) is 0 Å². The van der Waals surface area contributed by atoms with E-state index in [1.807, 2.05) is 0 Å². The Morgan fingerprint density at radius 2 is 2.00 bits per heavy atom. The number of nitrogens with zero attached hydrogens (tertiary/aromatic N) is 2. The van der Waals surface area contributed by atoms with Crippen molar-refractivity contribution in [3.05, 3.63) is 24.0 Å². The van der Waals surface area contributed by atoms with Gasteiger partial charge < -0.3 is 0 Å². The molecule has 0 saturated heterocycles. The van der Waals surface area contributed by atoms with Crippen LogP contribution in [0.4, 0.5) is 4.39 Å². The summed E-state index contributed by atoms with van der Waals surface area (Å²) < 4.78 is 34.6. The van der Waals surface area contributed by atoms with Gasteiger partial charge >= 0.3 is 0 Å². The minimum atomic E-state index is -3.60. The topological polar surface area (TPSA) is 85.9 Å². The third-order valence-electron chi connectivity index (χ3n) is 2.00. The van der Waals surface area contributed by atoms with Crippen LogP contribution in [0.25, 0.3) is 0 Å². The summed E-state index contributed by atoms with van der Waals surface area (Å²) in [6, 6.07) is 0. The van der Waals surface area contributed by atoms with E-state index in [9.17, 15) is 12.8 Å². The summed E-state index contributed by atoms with van der Waals surface area (Å²) in [5.74, 6) is -0.278. The van der Waals surface area contributed by atoms with Crippen molar-refractivity contribution in [2.24, 2.45) is 5.14 Å². The Labute approximate surface area is 87.6 Å². The first-order valence-corrected chi connectivity index (χ1v) is 6.02. The minimum absolute atomic E-state index is 0.107. The molecular formula is C8H12FN3O2S. The lowest BCUT2D eigenvalue weighted by Crippen LogP contribution is -2.30. The number of hydrogen-bond acceptors (Lipinski definition) is 4. The molecule has 1 aromatic rings. The number of halogens is 1. The molecule has 84 valence electrons. The summed E-state index contributed by atoms with van der Waals surface area (Å²) in [7, 11) is -3.60. The van der Waals surface area contributed by atoms with Crippen molar-refractivity contribution in [1.29, 1.82) is 0 Å². The Morgan fingerprint density at radius 1 is 1.47 bits per heavy atom. The highest BCUT2D eigenvalue weighted by atomic mass is 32.2. The first-order valence-electron chi connectivity index (χ1n) is 4.41. The summed E-state index contributed by atoms with van der Waals surface area (Å²) in [5, 5.41) is 4.29. The van der Waals surface area contributed by atoms with Gasteiger partial charge in [0.15, 0.2) is 5.82 Å². The van der Waals surface area contributed by atoms with E-state index in [2.05, 4.69) is 9.97 Å². The maximum Gasteiger partial charge on any atom is 0.212 e. The fourth-order valence-electron chi connectivity index (χ4n) is 1.14. The number of nitrogens with two attached hydrogens (primary N) is 1. The predicted octanol–water partition coefficient (Wildman–Crippen LogP) is 0.225. The van der Waals surface area contributed by atoms with E-state index in [0.29, 0.717) is 6.42 Å². The molecule has 15 heavy (non-hydrogen) atoms. The highest BCUT2D eigenvalue weighted by Crippen LogP contribution is 2.07. The van der Waals surface area contributed by atoms with Gasteiger partial charge in [-0.2, -0.15) is 0 Å². The van der Waals surface area contributed by atoms with Gasteiger partial charge in [0.1, 0.15) is 5.82 Å². The quantitative estimate of drug-likeness (QED) is 0.806. The zero-order chi connectivity index (χ0) is 11.5. The van der Waals surface area contributed by atoms with Gasteiger partial charge in [-0.25, -0.2) is 27.9 Å². The van der Waals surface area contributed by atoms with Crippen molar-refractivity contribution in [3.8, 4) is 0 Å². The lowest BCUT2D eigenvalue weighted by atomic mass is 10.2. The Hall–Kier alpha value is -1.08. The Kier molecular flexibility index (Phi) is 3.70. The molecule has 0 fully saturated rings. The monoisotopic (exact) mass is 233 g/mol. The van der Waals surface area contributed by atoms with E-state index >= 15 is 0 Å². The van der Waals surface area contributed by atoms with Gasteiger partial charge in [0.2, 0.25) is 10.0 Å². The van der Waals surface area contributed by atoms with Crippen LogP contribution in [0, 0.1) is 5.82 Å². The molecule has 0 amide bonds. The number of sulfonamides is 1. The van der Waals surface area contributed by atoms with Gasteiger partial charge in [0, 0.05) is 6.42 Å². The molecule has 0 aliphatic heterocycles. The second-order valence-electron chi connectivity index (χ2n) is 3.14. The lowest BCUT2D eigenvalue weighted by Gasteiger charge is -2.10. The summed E-state index contributed by atoms with van der Waals surface area (Å²) in [6.45, 7) is 1.71. The normalized spacial score (nSPS) is 13.8. The Balaban J connectivity index is 2.80. The Morgan fingerprint density at radius 3 is 2.40 bits per heavy atom. The molecule has 0 bridgehead atoms. The van der Waals surface area contributed by atoms with E-state index in [0.717, 1.165) is 12.4 Å². The molecule has 1 atom stereocenters. The number of rotatable bonds is 4. The molecule has 0 radical (unpaired) electrons. The molecule has 1 aromatic heterocycles. The SMILES string of the molecule is CCC(Cc1ncc(F)cn1)S(N)(=O)=O. The average Bonchev–Trinajstić information content (AvgIpc) is 2.15. The van der Waals surface area contributed by atoms with E-state index in [-0.39, 0.29) is 12.2 Å². The van der Waals surface area contributed by atoms with Gasteiger partial charge in [0.05, 0.1) is 17.6 Å². The third kappa shape index (κ3) is 3.52. The molecule has 0 aliphatic carbocycles. The minimum Gasteiger partial charge on any atom is -0.238 e. The first-order chi connectivity index (χ1) is 6.93. The number of aromatic nitrogens is 2. The van der Waals surface area contributed by atoms with Crippen molar-refractivity contribution in [1.82, 2.24) is 9.97 Å². The lowest BCUT2D eigenvalue weighted by molar-refractivity contribution is 0.570. The van der Waals surface area contributed by atoms with Crippen LogP contribution in [-0.2, 0) is 16.4 Å². The molecule has 2 N–H and O–H groups in total. The van der Waals surface area contributed by atoms with Crippen LogP contribution in [-0.4, -0.2) is 23.6 Å².